The molecule has 0 atom stereocenters. The Labute approximate surface area is 113 Å². The van der Waals surface area contributed by atoms with Crippen LogP contribution in [0.25, 0.3) is 0 Å². The highest BCUT2D eigenvalue weighted by molar-refractivity contribution is 8.00. The molecule has 1 N–H and O–H groups in total. The number of benzene rings is 2. The van der Waals surface area contributed by atoms with Gasteiger partial charge < -0.3 is 0 Å². The third kappa shape index (κ3) is 3.16. The Morgan fingerprint density at radius 3 is 2.33 bits per heavy atom. The molecule has 18 heavy (non-hydrogen) atoms. The first-order valence-electron chi connectivity index (χ1n) is 4.97. The molecule has 0 aromatic heterocycles. The molecule has 0 aliphatic carbocycles. The van der Waals surface area contributed by atoms with Gasteiger partial charge in [0.2, 0.25) is 0 Å². The van der Waals surface area contributed by atoms with E-state index in [1.54, 1.807) is 24.3 Å². The van der Waals surface area contributed by atoms with Crippen LogP contribution in [0.15, 0.2) is 52.3 Å². The first-order chi connectivity index (χ1) is 8.56. The van der Waals surface area contributed by atoms with E-state index < -0.39 is 11.6 Å². The third-order valence-corrected chi connectivity index (χ3v) is 3.30. The molecule has 0 unspecified atom stereocenters. The summed E-state index contributed by atoms with van der Waals surface area (Å²) in [5.41, 5.74) is -0.101. The molecule has 94 valence electrons. The fourth-order valence-electron chi connectivity index (χ4n) is 1.29. The highest BCUT2D eigenvalue weighted by atomic mass is 32.2. The molecule has 0 bridgehead atoms. The second-order valence-corrected chi connectivity index (χ2v) is 4.97. The molecular weight excluding hydrogens is 276 g/mol. The van der Waals surface area contributed by atoms with Gasteiger partial charge in [-0.15, -0.1) is 12.6 Å². The van der Waals surface area contributed by atoms with E-state index in [2.05, 4.69) is 12.6 Å². The monoisotopic (exact) mass is 285 g/mol. The summed E-state index contributed by atoms with van der Waals surface area (Å²) in [5.74, 6) is -1.51. The molecule has 0 fully saturated rings. The Hall–Kier alpha value is -1.24. The normalized spacial score (nSPS) is 10.4. The molecule has 6 heteroatoms. The number of nitrogens with zero attached hydrogens (tertiary/aromatic N) is 1. The van der Waals surface area contributed by atoms with E-state index >= 15 is 0 Å². The van der Waals surface area contributed by atoms with Gasteiger partial charge in [-0.1, -0.05) is 0 Å². The van der Waals surface area contributed by atoms with E-state index in [1.807, 2.05) is 0 Å². The molecular formula is C12H9F2NOS2. The summed E-state index contributed by atoms with van der Waals surface area (Å²) >= 11 is 5.05. The van der Waals surface area contributed by atoms with E-state index in [-0.39, 0.29) is 5.69 Å². The summed E-state index contributed by atoms with van der Waals surface area (Å²) in [4.78, 5) is 1.50. The fraction of sp³-hybridized carbons (Fsp3) is 0. The minimum absolute atomic E-state index is 0.101. The van der Waals surface area contributed by atoms with Gasteiger partial charge in [0.05, 0.1) is 0 Å². The number of thiol groups is 1. The van der Waals surface area contributed by atoms with E-state index in [0.717, 1.165) is 29.0 Å². The molecule has 0 heterocycles. The summed E-state index contributed by atoms with van der Waals surface area (Å²) < 4.78 is 26.8. The summed E-state index contributed by atoms with van der Waals surface area (Å²) in [6.45, 7) is 0. The smallest absolute Gasteiger partial charge is 0.152 e. The van der Waals surface area contributed by atoms with Crippen molar-refractivity contribution in [2.75, 3.05) is 4.47 Å². The third-order valence-electron chi connectivity index (χ3n) is 2.14. The van der Waals surface area contributed by atoms with Crippen molar-refractivity contribution in [3.8, 4) is 0 Å². The van der Waals surface area contributed by atoms with Crippen molar-refractivity contribution in [2.45, 2.75) is 9.79 Å². The standard InChI is InChI=1S/C12H9F2NOS2/c13-8-1-6-12(11(14)7-8)15(16)18-10-4-2-9(17)3-5-10/h1-7,16-17H. The van der Waals surface area contributed by atoms with Gasteiger partial charge in [-0.2, -0.15) is 4.47 Å². The zero-order valence-electron chi connectivity index (χ0n) is 9.05. The predicted octanol–water partition coefficient (Wildman–Crippen LogP) is 4.16. The maximum absolute atomic E-state index is 13.4. The van der Waals surface area contributed by atoms with Gasteiger partial charge >= 0.3 is 0 Å². The highest BCUT2D eigenvalue weighted by Gasteiger charge is 2.11. The van der Waals surface area contributed by atoms with Gasteiger partial charge in [-0.25, -0.2) is 8.78 Å². The van der Waals surface area contributed by atoms with Crippen molar-refractivity contribution in [1.82, 2.24) is 0 Å². The quantitative estimate of drug-likeness (QED) is 0.503. The van der Waals surface area contributed by atoms with Crippen LogP contribution in [0.2, 0.25) is 0 Å². The van der Waals surface area contributed by atoms with Crippen LogP contribution in [0.1, 0.15) is 0 Å². The molecule has 2 aromatic carbocycles. The summed E-state index contributed by atoms with van der Waals surface area (Å²) in [6.07, 6.45) is 0. The molecule has 2 nitrogen and oxygen atoms in total. The molecule has 2 rings (SSSR count). The molecule has 2 aromatic rings. The van der Waals surface area contributed by atoms with Crippen LogP contribution >= 0.6 is 24.6 Å². The average Bonchev–Trinajstić information content (AvgIpc) is 2.32. The van der Waals surface area contributed by atoms with E-state index in [4.69, 9.17) is 0 Å². The van der Waals surface area contributed by atoms with Crippen LogP contribution < -0.4 is 4.47 Å². The molecule has 0 spiro atoms. The average molecular weight is 285 g/mol. The molecule has 0 saturated heterocycles. The first-order valence-corrected chi connectivity index (χ1v) is 6.19. The Bertz CT molecular complexity index is 548. The van der Waals surface area contributed by atoms with Crippen molar-refractivity contribution < 1.29 is 14.0 Å². The van der Waals surface area contributed by atoms with Crippen molar-refractivity contribution >= 4 is 30.3 Å². The zero-order valence-corrected chi connectivity index (χ0v) is 10.8. The Balaban J connectivity index is 2.16. The van der Waals surface area contributed by atoms with Gasteiger partial charge in [0, 0.05) is 27.8 Å². The van der Waals surface area contributed by atoms with E-state index in [1.165, 1.54) is 6.07 Å². The summed E-state index contributed by atoms with van der Waals surface area (Å²) in [7, 11) is 0. The molecule has 0 radical (unpaired) electrons. The van der Waals surface area contributed by atoms with Gasteiger partial charge in [-0.3, -0.25) is 5.21 Å². The number of hydrogen-bond donors (Lipinski definition) is 2. The Morgan fingerprint density at radius 1 is 1.06 bits per heavy atom. The van der Waals surface area contributed by atoms with Crippen LogP contribution in [0.4, 0.5) is 14.5 Å². The van der Waals surface area contributed by atoms with Gasteiger partial charge in [0.15, 0.2) is 5.82 Å². The summed E-state index contributed by atoms with van der Waals surface area (Å²) in [6, 6.07) is 9.94. The predicted molar refractivity (Wildman–Crippen MR) is 70.2 cm³/mol. The number of halogens is 2. The lowest BCUT2D eigenvalue weighted by molar-refractivity contribution is 0.327. The Morgan fingerprint density at radius 2 is 1.72 bits per heavy atom. The fourth-order valence-corrected chi connectivity index (χ4v) is 2.15. The number of rotatable bonds is 3. The largest absolute Gasteiger partial charge is 0.277 e. The van der Waals surface area contributed by atoms with Gasteiger partial charge in [0.25, 0.3) is 0 Å². The Kier molecular flexibility index (Phi) is 4.11. The zero-order chi connectivity index (χ0) is 13.1. The second-order valence-electron chi connectivity index (χ2n) is 3.45. The SMILES string of the molecule is ON(Sc1ccc(S)cc1)c1ccc(F)cc1F. The van der Waals surface area contributed by atoms with Crippen LogP contribution in [0.3, 0.4) is 0 Å². The lowest BCUT2D eigenvalue weighted by Crippen LogP contribution is -2.09. The number of anilines is 1. The van der Waals surface area contributed by atoms with Crippen molar-refractivity contribution in [2.24, 2.45) is 0 Å². The van der Waals surface area contributed by atoms with Crippen LogP contribution in [-0.4, -0.2) is 5.21 Å². The van der Waals surface area contributed by atoms with Crippen LogP contribution in [-0.2, 0) is 0 Å². The maximum Gasteiger partial charge on any atom is 0.152 e. The second kappa shape index (κ2) is 5.60. The van der Waals surface area contributed by atoms with Gasteiger partial charge in [0.1, 0.15) is 11.5 Å². The number of hydrogen-bond acceptors (Lipinski definition) is 4. The van der Waals surface area contributed by atoms with Crippen molar-refractivity contribution in [3.63, 3.8) is 0 Å². The molecule has 0 amide bonds. The van der Waals surface area contributed by atoms with Crippen molar-refractivity contribution in [3.05, 3.63) is 54.1 Å². The van der Waals surface area contributed by atoms with Crippen molar-refractivity contribution in [1.29, 1.82) is 0 Å². The van der Waals surface area contributed by atoms with E-state index in [0.29, 0.717) is 9.36 Å². The summed E-state index contributed by atoms with van der Waals surface area (Å²) in [5, 5.41) is 9.73. The highest BCUT2D eigenvalue weighted by Crippen LogP contribution is 2.29. The van der Waals surface area contributed by atoms with E-state index in [9.17, 15) is 14.0 Å². The van der Waals surface area contributed by atoms with Crippen LogP contribution in [0.5, 0.6) is 0 Å². The van der Waals surface area contributed by atoms with Crippen LogP contribution in [0, 0.1) is 11.6 Å². The topological polar surface area (TPSA) is 23.5 Å². The lowest BCUT2D eigenvalue weighted by Gasteiger charge is -2.15. The maximum atomic E-state index is 13.4. The molecule has 0 aliphatic rings. The minimum Gasteiger partial charge on any atom is -0.277 e. The van der Waals surface area contributed by atoms with Gasteiger partial charge in [-0.05, 0) is 36.4 Å². The lowest BCUT2D eigenvalue weighted by atomic mass is 10.3. The minimum atomic E-state index is -0.823. The first kappa shape index (κ1) is 13.2. The molecule has 0 saturated carbocycles. The molecule has 0 aliphatic heterocycles.